The largest absolute Gasteiger partial charge is 0.490 e. The summed E-state index contributed by atoms with van der Waals surface area (Å²) in [4.78, 5) is 24.6. The van der Waals surface area contributed by atoms with E-state index >= 15 is 0 Å². The van der Waals surface area contributed by atoms with E-state index < -0.39 is 20.0 Å². The fourth-order valence-corrected chi connectivity index (χ4v) is 6.28. The minimum Gasteiger partial charge on any atom is -0.490 e. The predicted molar refractivity (Wildman–Crippen MR) is 199 cm³/mol. The first-order valence-electron chi connectivity index (χ1n) is 15.7. The van der Waals surface area contributed by atoms with E-state index in [4.69, 9.17) is 15.0 Å². The fraction of sp³-hybridized carbons (Fsp3) is 0.0882. The third-order valence-electron chi connectivity index (χ3n) is 7.59. The van der Waals surface area contributed by atoms with Crippen molar-refractivity contribution in [2.75, 3.05) is 21.5 Å². The number of nitrogens with two attached hydrogens (primary N) is 2. The van der Waals surface area contributed by atoms with Crippen molar-refractivity contribution in [3.8, 4) is 17.0 Å². The molecular formula is C34H32N10O7S2. The van der Waals surface area contributed by atoms with Crippen LogP contribution < -0.4 is 36.5 Å². The van der Waals surface area contributed by atoms with Gasteiger partial charge in [0.05, 0.1) is 49.9 Å². The van der Waals surface area contributed by atoms with Gasteiger partial charge < -0.3 is 15.4 Å². The molecule has 272 valence electrons. The highest BCUT2D eigenvalue weighted by molar-refractivity contribution is 7.89. The Morgan fingerprint density at radius 2 is 1.17 bits per heavy atom. The van der Waals surface area contributed by atoms with Crippen LogP contribution in [0.4, 0.5) is 22.7 Å². The van der Waals surface area contributed by atoms with Crippen LogP contribution in [0.5, 0.6) is 5.75 Å². The van der Waals surface area contributed by atoms with Crippen LogP contribution in [-0.4, -0.2) is 56.4 Å². The van der Waals surface area contributed by atoms with Crippen LogP contribution in [0.2, 0.25) is 0 Å². The fourth-order valence-electron chi connectivity index (χ4n) is 5.25. The average Bonchev–Trinajstić information content (AvgIpc) is 3.83. The van der Waals surface area contributed by atoms with E-state index in [-0.39, 0.29) is 39.1 Å². The molecule has 0 spiro atoms. The number of amides is 2. The van der Waals surface area contributed by atoms with Gasteiger partial charge in [0.1, 0.15) is 5.75 Å². The lowest BCUT2D eigenvalue weighted by Gasteiger charge is -2.13. The number of benzene rings is 4. The van der Waals surface area contributed by atoms with Crippen molar-refractivity contribution in [3.05, 3.63) is 108 Å². The number of primary sulfonamides is 2. The van der Waals surface area contributed by atoms with Crippen LogP contribution in [0.1, 0.15) is 25.0 Å². The van der Waals surface area contributed by atoms with Gasteiger partial charge in [0.25, 0.3) is 11.8 Å². The van der Waals surface area contributed by atoms with Gasteiger partial charge in [-0.2, -0.15) is 15.3 Å². The third-order valence-corrected chi connectivity index (χ3v) is 9.45. The highest BCUT2D eigenvalue weighted by atomic mass is 32.2. The van der Waals surface area contributed by atoms with Crippen molar-refractivity contribution in [1.82, 2.24) is 10.2 Å². The maximum atomic E-state index is 12.4. The molecular weight excluding hydrogens is 725 g/mol. The SMILES string of the molecule is CC(C)Oc1cccc2c1C(=NNc1ccc(S(N)(=O)=O)cc1)C(=O)N2.NS(=O)(=O)c1ccc(NN=C2C(=O)Nc3cccc(-c4cc[nH]n4)c32)cc1. The summed E-state index contributed by atoms with van der Waals surface area (Å²) < 4.78 is 50.9. The lowest BCUT2D eigenvalue weighted by molar-refractivity contribution is -0.110. The van der Waals surface area contributed by atoms with Gasteiger partial charge in [-0.15, -0.1) is 0 Å². The standard InChI is InChI=1S/C17H14N6O3S.C17H18N4O4S/c18-27(25,26)11-6-4-10(5-7-11)21-23-16-15-12(13-8-9-19-22-13)2-1-3-14(15)20-17(16)24;1-10(2)25-14-5-3-4-13-15(14)16(17(22)19-13)21-20-11-6-8-12(9-7-11)26(18,23)24/h1-9,21H,(H,19,22)(H2,18,25,26)(H,20,23,24);3-10,20H,1-2H3,(H2,18,23,24)(H,19,21,22). The number of hydrogen-bond acceptors (Lipinski definition) is 12. The van der Waals surface area contributed by atoms with Crippen molar-refractivity contribution in [2.24, 2.45) is 20.5 Å². The number of ether oxygens (including phenoxy) is 1. The first-order chi connectivity index (χ1) is 25.2. The van der Waals surface area contributed by atoms with Crippen molar-refractivity contribution < 1.29 is 31.2 Å². The van der Waals surface area contributed by atoms with Gasteiger partial charge in [0, 0.05) is 17.3 Å². The molecule has 0 unspecified atom stereocenters. The number of sulfonamides is 2. The molecule has 0 aliphatic carbocycles. The molecule has 0 fully saturated rings. The lowest BCUT2D eigenvalue weighted by Crippen LogP contribution is -2.17. The molecule has 0 saturated heterocycles. The monoisotopic (exact) mass is 756 g/mol. The molecule has 3 heterocycles. The topological polar surface area (TPSA) is 265 Å². The van der Waals surface area contributed by atoms with Crippen LogP contribution in [0.3, 0.4) is 0 Å². The number of nitrogens with zero attached hydrogens (tertiary/aromatic N) is 3. The lowest BCUT2D eigenvalue weighted by atomic mass is 10.0. The number of fused-ring (bicyclic) bond motifs is 2. The van der Waals surface area contributed by atoms with Gasteiger partial charge in [0.2, 0.25) is 20.0 Å². The molecule has 1 aromatic heterocycles. The second-order valence-corrected chi connectivity index (χ2v) is 14.8. The van der Waals surface area contributed by atoms with Crippen LogP contribution in [0, 0.1) is 0 Å². The zero-order valence-corrected chi connectivity index (χ0v) is 29.6. The molecule has 0 radical (unpaired) electrons. The maximum absolute atomic E-state index is 12.4. The second kappa shape index (κ2) is 14.7. The smallest absolute Gasteiger partial charge is 0.276 e. The number of hydrogen-bond donors (Lipinski definition) is 7. The quantitative estimate of drug-likeness (QED) is 0.108. The number of hydrazone groups is 2. The van der Waals surface area contributed by atoms with E-state index in [2.05, 4.69) is 41.9 Å². The molecule has 4 aromatic carbocycles. The summed E-state index contributed by atoms with van der Waals surface area (Å²) in [6.07, 6.45) is 1.64. The number of rotatable bonds is 9. The Kier molecular flexibility index (Phi) is 10.1. The van der Waals surface area contributed by atoms with Crippen LogP contribution in [0.25, 0.3) is 11.3 Å². The minimum atomic E-state index is -3.77. The summed E-state index contributed by atoms with van der Waals surface area (Å²) in [5, 5.41) is 31.0. The van der Waals surface area contributed by atoms with E-state index in [1.165, 1.54) is 48.5 Å². The second-order valence-electron chi connectivity index (χ2n) is 11.7. The zero-order valence-electron chi connectivity index (χ0n) is 28.0. The Bertz CT molecular complexity index is 2480. The van der Waals surface area contributed by atoms with Crippen molar-refractivity contribution in [1.29, 1.82) is 0 Å². The number of nitrogens with one attached hydrogen (secondary N) is 5. The van der Waals surface area contributed by atoms with Gasteiger partial charge >= 0.3 is 0 Å². The highest BCUT2D eigenvalue weighted by Gasteiger charge is 2.31. The molecule has 9 N–H and O–H groups in total. The summed E-state index contributed by atoms with van der Waals surface area (Å²) in [6, 6.07) is 24.1. The molecule has 7 rings (SSSR count). The molecule has 0 atom stereocenters. The number of anilines is 4. The van der Waals surface area contributed by atoms with Crippen molar-refractivity contribution >= 4 is 66.0 Å². The highest BCUT2D eigenvalue weighted by Crippen LogP contribution is 2.34. The minimum absolute atomic E-state index is 0.00715. The first-order valence-corrected chi connectivity index (χ1v) is 18.8. The van der Waals surface area contributed by atoms with Gasteiger partial charge in [-0.05, 0) is 86.6 Å². The van der Waals surface area contributed by atoms with E-state index in [1.807, 2.05) is 26.0 Å². The van der Waals surface area contributed by atoms with E-state index in [9.17, 15) is 26.4 Å². The van der Waals surface area contributed by atoms with E-state index in [1.54, 1.807) is 36.5 Å². The number of aromatic amines is 1. The summed E-state index contributed by atoms with van der Waals surface area (Å²) in [7, 11) is -7.53. The molecule has 19 heteroatoms. The maximum Gasteiger partial charge on any atom is 0.276 e. The molecule has 53 heavy (non-hydrogen) atoms. The third kappa shape index (κ3) is 8.23. The van der Waals surface area contributed by atoms with E-state index in [0.29, 0.717) is 45.3 Å². The molecule has 5 aromatic rings. The van der Waals surface area contributed by atoms with E-state index in [0.717, 1.165) is 5.56 Å². The first kappa shape index (κ1) is 36.4. The normalized spacial score (nSPS) is 15.0. The molecule has 2 amide bonds. The molecule has 2 aliphatic heterocycles. The van der Waals surface area contributed by atoms with Crippen LogP contribution in [-0.2, 0) is 29.6 Å². The number of H-pyrrole nitrogens is 1. The zero-order chi connectivity index (χ0) is 37.9. The van der Waals surface area contributed by atoms with Gasteiger partial charge in [0.15, 0.2) is 11.4 Å². The number of carbonyl (C=O) groups excluding carboxylic acids is 2. The van der Waals surface area contributed by atoms with Crippen molar-refractivity contribution in [3.63, 3.8) is 0 Å². The van der Waals surface area contributed by atoms with Gasteiger partial charge in [-0.1, -0.05) is 18.2 Å². The Morgan fingerprint density at radius 1 is 0.679 bits per heavy atom. The number of aromatic nitrogens is 2. The Balaban J connectivity index is 0.000000182. The van der Waals surface area contributed by atoms with Gasteiger partial charge in [-0.25, -0.2) is 27.1 Å². The Morgan fingerprint density at radius 3 is 1.64 bits per heavy atom. The Labute approximate surface area is 303 Å². The van der Waals surface area contributed by atoms with Gasteiger partial charge in [-0.3, -0.25) is 25.5 Å². The predicted octanol–water partition coefficient (Wildman–Crippen LogP) is 3.38. The van der Waals surface area contributed by atoms with Crippen molar-refractivity contribution in [2.45, 2.75) is 29.7 Å². The summed E-state index contributed by atoms with van der Waals surface area (Å²) >= 11 is 0. The summed E-state index contributed by atoms with van der Waals surface area (Å²) in [6.45, 7) is 3.79. The summed E-state index contributed by atoms with van der Waals surface area (Å²) in [5.41, 5.74) is 10.9. The van der Waals surface area contributed by atoms with Crippen LogP contribution >= 0.6 is 0 Å². The molecule has 0 bridgehead atoms. The summed E-state index contributed by atoms with van der Waals surface area (Å²) in [5.74, 6) is -0.143. The average molecular weight is 757 g/mol. The Hall–Kier alpha value is -6.41. The number of carbonyl (C=O) groups is 2. The molecule has 17 nitrogen and oxygen atoms in total. The van der Waals surface area contributed by atoms with Crippen LogP contribution in [0.15, 0.2) is 117 Å². The molecule has 0 saturated carbocycles. The molecule has 2 aliphatic rings.